The summed E-state index contributed by atoms with van der Waals surface area (Å²) in [5.74, 6) is -4.21. The quantitative estimate of drug-likeness (QED) is 0.0842. The zero-order valence-electron chi connectivity index (χ0n) is 35.6. The Hall–Kier alpha value is -5.57. The predicted molar refractivity (Wildman–Crippen MR) is 223 cm³/mol. The van der Waals surface area contributed by atoms with Gasteiger partial charge in [-0.2, -0.15) is 0 Å². The Bertz CT molecular complexity index is 2240. The van der Waals surface area contributed by atoms with E-state index in [0.29, 0.717) is 16.4 Å². The van der Waals surface area contributed by atoms with Gasteiger partial charge >= 0.3 is 37.0 Å². The minimum Gasteiger partial charge on any atom is -0.496 e. The molecule has 20 heteroatoms. The molecule has 5 fully saturated rings. The Morgan fingerprint density at radius 3 is 2.45 bits per heavy atom. The molecule has 3 heterocycles. The number of anilines is 1. The number of urea groups is 1. The Morgan fingerprint density at radius 2 is 1.76 bits per heavy atom. The number of methoxy groups -OCH3 is 1. The highest BCUT2D eigenvalue weighted by Crippen LogP contribution is 2.65. The predicted octanol–water partition coefficient (Wildman–Crippen LogP) is 4.66. The number of thiazole rings is 1. The Balaban J connectivity index is 1.19. The minimum atomic E-state index is -1.62. The number of benzene rings is 2. The zero-order chi connectivity index (χ0) is 44.7. The SMILES string of the molecule is COc1c(CC(NC(=O)C(NC(=O)N2CCN(O)C(=O)C2=O)c2csc(NC(=O)OCc3ccccc3)n2)B2OC3C[C@H]4C[C@@H](C4(C)C)[C@]3(C)O2)cccc1C(=O)OC(C)(C)C. The van der Waals surface area contributed by atoms with Crippen LogP contribution >= 0.6 is 11.3 Å². The number of nitrogens with one attached hydrogen (secondary N) is 3. The number of imide groups is 1. The Labute approximate surface area is 363 Å². The molecule has 3 unspecified atom stereocenters. The van der Waals surface area contributed by atoms with Crippen molar-refractivity contribution in [2.24, 2.45) is 17.3 Å². The first-order valence-corrected chi connectivity index (χ1v) is 21.3. The highest BCUT2D eigenvalue weighted by atomic mass is 32.1. The standard InChI is InChI=1S/C42H51BN6O12S/c1-40(2,3)59-36(53)26-15-11-14-24(32(26)57-7)18-30(43-60-29-20-25-19-28(41(25,4)5)42(29,6)61-43)45-33(50)31(46-38(54)48-16-17-49(56)35(52)34(48)51)27-22-62-37(44-27)47-39(55)58-21-23-12-9-8-10-13-23/h8-15,22,25,28-31,56H,16-21H2,1-7H3,(H,45,50)(H,46,54)(H,44,47,55)/t25-,28+,29?,30?,31?,42+/m1/s1. The van der Waals surface area contributed by atoms with Gasteiger partial charge in [-0.3, -0.25) is 29.8 Å². The lowest BCUT2D eigenvalue weighted by Gasteiger charge is -2.64. The molecule has 6 atom stereocenters. The molecule has 2 aromatic carbocycles. The van der Waals surface area contributed by atoms with Crippen molar-refractivity contribution in [3.8, 4) is 5.75 Å². The van der Waals surface area contributed by atoms with Crippen molar-refractivity contribution < 1.29 is 57.5 Å². The van der Waals surface area contributed by atoms with E-state index in [1.807, 2.05) is 13.0 Å². The van der Waals surface area contributed by atoms with E-state index in [-0.39, 0.29) is 70.8 Å². The first-order valence-electron chi connectivity index (χ1n) is 20.4. The maximum Gasteiger partial charge on any atom is 0.482 e. The maximum absolute atomic E-state index is 14.8. The summed E-state index contributed by atoms with van der Waals surface area (Å²) in [7, 11) is 0.409. The van der Waals surface area contributed by atoms with E-state index in [9.17, 15) is 34.0 Å². The summed E-state index contributed by atoms with van der Waals surface area (Å²) in [5, 5.41) is 19.5. The van der Waals surface area contributed by atoms with Crippen LogP contribution in [0.2, 0.25) is 0 Å². The summed E-state index contributed by atoms with van der Waals surface area (Å²) in [5.41, 5.74) is -0.0703. The number of carbonyl (C=O) groups excluding carboxylic acids is 6. The molecule has 3 saturated carbocycles. The average molecular weight is 875 g/mol. The molecule has 2 aliphatic heterocycles. The third-order valence-corrected chi connectivity index (χ3v) is 13.0. The van der Waals surface area contributed by atoms with Gasteiger partial charge in [-0.05, 0) is 81.4 Å². The molecule has 0 spiro atoms. The number of para-hydroxylation sites is 1. The second-order valence-electron chi connectivity index (χ2n) is 17.7. The molecule has 4 N–H and O–H groups in total. The van der Waals surface area contributed by atoms with Gasteiger partial charge in [0, 0.05) is 5.38 Å². The van der Waals surface area contributed by atoms with Crippen molar-refractivity contribution in [2.45, 2.75) is 96.7 Å². The third-order valence-electron chi connectivity index (χ3n) is 12.2. The fourth-order valence-corrected chi connectivity index (χ4v) is 9.61. The number of ether oxygens (including phenoxy) is 3. The van der Waals surface area contributed by atoms with E-state index in [2.05, 4.69) is 34.8 Å². The molecule has 18 nitrogen and oxygen atoms in total. The van der Waals surface area contributed by atoms with E-state index < -0.39 is 66.1 Å². The molecule has 3 aliphatic carbocycles. The van der Waals surface area contributed by atoms with Gasteiger partial charge in [-0.1, -0.05) is 56.3 Å². The molecule has 3 aromatic rings. The minimum absolute atomic E-state index is 0.00719. The third kappa shape index (κ3) is 9.00. The summed E-state index contributed by atoms with van der Waals surface area (Å²) in [6, 6.07) is 11.3. The second-order valence-corrected chi connectivity index (χ2v) is 18.5. The summed E-state index contributed by atoms with van der Waals surface area (Å²) in [4.78, 5) is 84.7. The van der Waals surface area contributed by atoms with Gasteiger partial charge in [0.2, 0.25) is 5.91 Å². The van der Waals surface area contributed by atoms with Crippen molar-refractivity contribution in [3.05, 3.63) is 76.3 Å². The smallest absolute Gasteiger partial charge is 0.482 e. The number of amides is 6. The van der Waals surface area contributed by atoms with Crippen LogP contribution in [-0.4, -0.2) is 107 Å². The van der Waals surface area contributed by atoms with E-state index in [1.165, 1.54) is 12.5 Å². The first kappa shape index (κ1) is 44.5. The summed E-state index contributed by atoms with van der Waals surface area (Å²) >= 11 is 0.948. The molecule has 5 aliphatic rings. The van der Waals surface area contributed by atoms with Crippen LogP contribution in [0.3, 0.4) is 0 Å². The number of hydrogen-bond donors (Lipinski definition) is 4. The van der Waals surface area contributed by atoms with Crippen LogP contribution in [0, 0.1) is 17.3 Å². The Morgan fingerprint density at radius 1 is 1.02 bits per heavy atom. The van der Waals surface area contributed by atoms with Crippen molar-refractivity contribution >= 4 is 59.4 Å². The fraction of sp³-hybridized carbons (Fsp3) is 0.500. The lowest BCUT2D eigenvalue weighted by Crippen LogP contribution is -2.65. The van der Waals surface area contributed by atoms with Gasteiger partial charge in [0.15, 0.2) is 11.2 Å². The molecule has 8 rings (SSSR count). The summed E-state index contributed by atoms with van der Waals surface area (Å²) < 4.78 is 30.3. The molecule has 330 valence electrons. The van der Waals surface area contributed by atoms with Gasteiger partial charge in [-0.15, -0.1) is 11.3 Å². The Kier molecular flexibility index (Phi) is 12.4. The molecular weight excluding hydrogens is 823 g/mol. The largest absolute Gasteiger partial charge is 0.496 e. The number of rotatable bonds is 12. The van der Waals surface area contributed by atoms with E-state index >= 15 is 0 Å². The molecule has 0 radical (unpaired) electrons. The topological polar surface area (TPSA) is 224 Å². The first-order chi connectivity index (χ1) is 29.3. The maximum atomic E-state index is 14.8. The lowest BCUT2D eigenvalue weighted by atomic mass is 9.43. The number of nitrogens with zero attached hydrogens (tertiary/aromatic N) is 3. The molecule has 6 amide bonds. The second kappa shape index (κ2) is 17.3. The number of hydroxylamine groups is 2. The molecule has 2 bridgehead atoms. The average Bonchev–Trinajstić information content (AvgIpc) is 3.84. The van der Waals surface area contributed by atoms with Gasteiger partial charge in [0.1, 0.15) is 23.5 Å². The summed E-state index contributed by atoms with van der Waals surface area (Å²) in [6.45, 7) is 11.0. The van der Waals surface area contributed by atoms with Gasteiger partial charge in [0.05, 0.1) is 43.5 Å². The van der Waals surface area contributed by atoms with Crippen molar-refractivity contribution in [2.75, 3.05) is 25.5 Å². The number of esters is 1. The molecule has 1 aromatic heterocycles. The van der Waals surface area contributed by atoms with Gasteiger partial charge in [-0.25, -0.2) is 24.4 Å². The van der Waals surface area contributed by atoms with Crippen molar-refractivity contribution in [1.82, 2.24) is 25.6 Å². The lowest BCUT2D eigenvalue weighted by molar-refractivity contribution is -0.199. The van der Waals surface area contributed by atoms with Crippen LogP contribution in [-0.2, 0) is 46.2 Å². The van der Waals surface area contributed by atoms with Gasteiger partial charge in [0.25, 0.3) is 0 Å². The van der Waals surface area contributed by atoms with Crippen LogP contribution in [0.5, 0.6) is 5.75 Å². The van der Waals surface area contributed by atoms with Crippen molar-refractivity contribution in [3.63, 3.8) is 0 Å². The molecule has 62 heavy (non-hydrogen) atoms. The highest BCUT2D eigenvalue weighted by Gasteiger charge is 2.68. The normalized spacial score (nSPS) is 23.7. The zero-order valence-corrected chi connectivity index (χ0v) is 36.4. The number of piperazine rings is 1. The van der Waals surface area contributed by atoms with Crippen LogP contribution in [0.1, 0.15) is 87.6 Å². The van der Waals surface area contributed by atoms with E-state index in [0.717, 1.165) is 29.7 Å². The number of hydrogen-bond acceptors (Lipinski definition) is 14. The fourth-order valence-electron chi connectivity index (χ4n) is 8.89. The van der Waals surface area contributed by atoms with Crippen LogP contribution in [0.4, 0.5) is 14.7 Å². The molecule has 2 saturated heterocycles. The van der Waals surface area contributed by atoms with Crippen LogP contribution < -0.4 is 20.7 Å². The number of carbonyl (C=O) groups is 6. The van der Waals surface area contributed by atoms with E-state index in [4.69, 9.17) is 23.5 Å². The number of aromatic nitrogens is 1. The van der Waals surface area contributed by atoms with Crippen LogP contribution in [0.25, 0.3) is 0 Å². The molecular formula is C42H51BN6O12S. The monoisotopic (exact) mass is 874 g/mol. The van der Waals surface area contributed by atoms with Gasteiger partial charge < -0.3 is 34.2 Å². The van der Waals surface area contributed by atoms with E-state index in [1.54, 1.807) is 63.2 Å². The summed E-state index contributed by atoms with van der Waals surface area (Å²) in [6.07, 6.45) is 0.638. The van der Waals surface area contributed by atoms with Crippen molar-refractivity contribution in [1.29, 1.82) is 0 Å². The van der Waals surface area contributed by atoms with Crippen LogP contribution in [0.15, 0.2) is 53.9 Å². The highest BCUT2D eigenvalue weighted by molar-refractivity contribution is 7.13.